The van der Waals surface area contributed by atoms with Crippen LogP contribution in [0.5, 0.6) is 0 Å². The van der Waals surface area contributed by atoms with E-state index in [2.05, 4.69) is 29.4 Å². The average molecular weight is 349 g/mol. The molecule has 6 heteroatoms. The third-order valence-electron chi connectivity index (χ3n) is 5.53. The van der Waals surface area contributed by atoms with E-state index in [-0.39, 0.29) is 29.4 Å². The van der Waals surface area contributed by atoms with Crippen LogP contribution in [-0.2, 0) is 11.3 Å². The standard InChI is InChI=1S/C19H28FN3O2/c1-19(2)16(15-8-11-25-17(15)19)22-18(24)21-9-10-23(3)12-13-4-6-14(20)7-5-13/h4-7,15-17H,8-12H2,1-3H3,(H2,21,22,24). The van der Waals surface area contributed by atoms with E-state index in [0.29, 0.717) is 12.5 Å². The van der Waals surface area contributed by atoms with E-state index < -0.39 is 0 Å². The maximum atomic E-state index is 12.9. The zero-order valence-electron chi connectivity index (χ0n) is 15.2. The molecular formula is C19H28FN3O2. The smallest absolute Gasteiger partial charge is 0.315 e. The molecule has 1 saturated carbocycles. The Labute approximate surface area is 148 Å². The van der Waals surface area contributed by atoms with Gasteiger partial charge in [0.25, 0.3) is 0 Å². The third kappa shape index (κ3) is 3.96. The minimum atomic E-state index is -0.224. The number of hydrogen-bond donors (Lipinski definition) is 2. The van der Waals surface area contributed by atoms with Gasteiger partial charge in [0.05, 0.1) is 6.10 Å². The Morgan fingerprint density at radius 1 is 1.36 bits per heavy atom. The average Bonchev–Trinajstić information content (AvgIpc) is 3.02. The second-order valence-corrected chi connectivity index (χ2v) is 7.81. The molecular weight excluding hydrogens is 321 g/mol. The van der Waals surface area contributed by atoms with Crippen LogP contribution in [0.25, 0.3) is 0 Å². The van der Waals surface area contributed by atoms with Crippen molar-refractivity contribution in [3.63, 3.8) is 0 Å². The van der Waals surface area contributed by atoms with E-state index in [4.69, 9.17) is 4.74 Å². The number of hydrogen-bond acceptors (Lipinski definition) is 3. The first-order chi connectivity index (χ1) is 11.9. The van der Waals surface area contributed by atoms with Gasteiger partial charge in [-0.2, -0.15) is 0 Å². The van der Waals surface area contributed by atoms with Crippen LogP contribution in [0.4, 0.5) is 9.18 Å². The second-order valence-electron chi connectivity index (χ2n) is 7.81. The topological polar surface area (TPSA) is 53.6 Å². The summed E-state index contributed by atoms with van der Waals surface area (Å²) in [4.78, 5) is 14.3. The van der Waals surface area contributed by atoms with E-state index in [0.717, 1.165) is 31.7 Å². The summed E-state index contributed by atoms with van der Waals surface area (Å²) in [7, 11) is 1.98. The minimum absolute atomic E-state index is 0.00210. The summed E-state index contributed by atoms with van der Waals surface area (Å²) in [6, 6.07) is 6.57. The summed E-state index contributed by atoms with van der Waals surface area (Å²) in [5, 5.41) is 6.05. The van der Waals surface area contributed by atoms with Crippen molar-refractivity contribution < 1.29 is 13.9 Å². The monoisotopic (exact) mass is 349 g/mol. The lowest BCUT2D eigenvalue weighted by Crippen LogP contribution is -2.67. The summed E-state index contributed by atoms with van der Waals surface area (Å²) in [6.45, 7) is 7.13. The molecule has 2 aliphatic rings. The predicted molar refractivity (Wildman–Crippen MR) is 94.7 cm³/mol. The summed E-state index contributed by atoms with van der Waals surface area (Å²) in [6.07, 6.45) is 1.30. The number of amides is 2. The highest BCUT2D eigenvalue weighted by Crippen LogP contribution is 2.51. The van der Waals surface area contributed by atoms with Crippen molar-refractivity contribution in [2.24, 2.45) is 11.3 Å². The molecule has 0 radical (unpaired) electrons. The number of benzene rings is 1. The molecule has 2 N–H and O–H groups in total. The van der Waals surface area contributed by atoms with Crippen molar-refractivity contribution in [1.29, 1.82) is 0 Å². The SMILES string of the molecule is CN(CCNC(=O)NC1C2CCOC2C1(C)C)Cc1ccc(F)cc1. The zero-order valence-corrected chi connectivity index (χ0v) is 15.2. The Morgan fingerprint density at radius 3 is 2.80 bits per heavy atom. The van der Waals surface area contributed by atoms with Crippen molar-refractivity contribution in [2.45, 2.75) is 39.0 Å². The van der Waals surface area contributed by atoms with Crippen LogP contribution >= 0.6 is 0 Å². The van der Waals surface area contributed by atoms with Gasteiger partial charge in [-0.25, -0.2) is 9.18 Å². The molecule has 138 valence electrons. The van der Waals surface area contributed by atoms with Crippen LogP contribution < -0.4 is 10.6 Å². The minimum Gasteiger partial charge on any atom is -0.377 e. The number of nitrogens with one attached hydrogen (secondary N) is 2. The first kappa shape index (κ1) is 18.1. The normalized spacial score (nSPS) is 26.8. The molecule has 1 aliphatic carbocycles. The fraction of sp³-hybridized carbons (Fsp3) is 0.632. The van der Waals surface area contributed by atoms with Gasteiger partial charge in [0.1, 0.15) is 5.82 Å². The molecule has 3 rings (SSSR count). The summed E-state index contributed by atoms with van der Waals surface area (Å²) in [5.41, 5.74) is 1.05. The molecule has 1 aromatic carbocycles. The van der Waals surface area contributed by atoms with Crippen molar-refractivity contribution in [3.05, 3.63) is 35.6 Å². The third-order valence-corrected chi connectivity index (χ3v) is 5.53. The van der Waals surface area contributed by atoms with Gasteiger partial charge >= 0.3 is 6.03 Å². The highest BCUT2D eigenvalue weighted by Gasteiger charge is 2.59. The number of urea groups is 1. The molecule has 3 atom stereocenters. The highest BCUT2D eigenvalue weighted by atomic mass is 19.1. The van der Waals surface area contributed by atoms with Crippen LogP contribution in [-0.4, -0.2) is 49.8 Å². The van der Waals surface area contributed by atoms with Gasteiger partial charge in [-0.3, -0.25) is 0 Å². The van der Waals surface area contributed by atoms with Crippen molar-refractivity contribution in [2.75, 3.05) is 26.7 Å². The largest absolute Gasteiger partial charge is 0.377 e. The van der Waals surface area contributed by atoms with E-state index in [1.54, 1.807) is 12.1 Å². The lowest BCUT2D eigenvalue weighted by atomic mass is 9.57. The van der Waals surface area contributed by atoms with Crippen molar-refractivity contribution in [1.82, 2.24) is 15.5 Å². The van der Waals surface area contributed by atoms with E-state index in [9.17, 15) is 9.18 Å². The molecule has 1 aliphatic heterocycles. The first-order valence-corrected chi connectivity index (χ1v) is 8.97. The Hall–Kier alpha value is -1.66. The number of fused-ring (bicyclic) bond motifs is 1. The number of likely N-dealkylation sites (N-methyl/N-ethyl adjacent to an activating group) is 1. The molecule has 0 spiro atoms. The van der Waals surface area contributed by atoms with E-state index in [1.807, 2.05) is 7.05 Å². The molecule has 2 fully saturated rings. The van der Waals surface area contributed by atoms with Gasteiger partial charge < -0.3 is 20.3 Å². The van der Waals surface area contributed by atoms with Gasteiger partial charge in [0.15, 0.2) is 0 Å². The molecule has 3 unspecified atom stereocenters. The maximum absolute atomic E-state index is 12.9. The molecule has 0 bridgehead atoms. The molecule has 0 aromatic heterocycles. The van der Waals surface area contributed by atoms with Crippen LogP contribution in [0.1, 0.15) is 25.8 Å². The second kappa shape index (κ2) is 7.30. The Bertz CT molecular complexity index is 605. The Morgan fingerprint density at radius 2 is 2.08 bits per heavy atom. The molecule has 2 amide bonds. The zero-order chi connectivity index (χ0) is 18.0. The molecule has 5 nitrogen and oxygen atoms in total. The number of ether oxygens (including phenoxy) is 1. The lowest BCUT2D eigenvalue weighted by molar-refractivity contribution is -0.108. The number of rotatable bonds is 6. The summed E-state index contributed by atoms with van der Waals surface area (Å²) in [5.74, 6) is 0.223. The Kier molecular flexibility index (Phi) is 5.29. The van der Waals surface area contributed by atoms with Gasteiger partial charge in [-0.05, 0) is 31.2 Å². The van der Waals surface area contributed by atoms with E-state index >= 15 is 0 Å². The van der Waals surface area contributed by atoms with Crippen LogP contribution in [0, 0.1) is 17.2 Å². The lowest BCUT2D eigenvalue weighted by Gasteiger charge is -2.54. The van der Waals surface area contributed by atoms with Crippen LogP contribution in [0.3, 0.4) is 0 Å². The first-order valence-electron chi connectivity index (χ1n) is 8.97. The molecule has 1 aromatic rings. The number of nitrogens with zero attached hydrogens (tertiary/aromatic N) is 1. The number of halogens is 1. The number of carbonyl (C=O) groups excluding carboxylic acids is 1. The van der Waals surface area contributed by atoms with Crippen LogP contribution in [0.2, 0.25) is 0 Å². The molecule has 1 saturated heterocycles. The highest BCUT2D eigenvalue weighted by molar-refractivity contribution is 5.74. The fourth-order valence-electron chi connectivity index (χ4n) is 4.15. The fourth-order valence-corrected chi connectivity index (χ4v) is 4.15. The molecule has 1 heterocycles. The number of carbonyl (C=O) groups is 1. The van der Waals surface area contributed by atoms with Gasteiger partial charge in [-0.1, -0.05) is 26.0 Å². The molecule has 25 heavy (non-hydrogen) atoms. The maximum Gasteiger partial charge on any atom is 0.315 e. The quantitative estimate of drug-likeness (QED) is 0.829. The van der Waals surface area contributed by atoms with Crippen molar-refractivity contribution >= 4 is 6.03 Å². The summed E-state index contributed by atoms with van der Waals surface area (Å²) >= 11 is 0. The van der Waals surface area contributed by atoms with Gasteiger partial charge in [-0.15, -0.1) is 0 Å². The van der Waals surface area contributed by atoms with Gasteiger partial charge in [0.2, 0.25) is 0 Å². The van der Waals surface area contributed by atoms with Crippen LogP contribution in [0.15, 0.2) is 24.3 Å². The Balaban J connectivity index is 1.37. The van der Waals surface area contributed by atoms with E-state index in [1.165, 1.54) is 12.1 Å². The predicted octanol–water partition coefficient (Wildman–Crippen LogP) is 2.37. The van der Waals surface area contributed by atoms with Gasteiger partial charge in [0, 0.05) is 43.6 Å². The van der Waals surface area contributed by atoms with Crippen molar-refractivity contribution in [3.8, 4) is 0 Å². The summed E-state index contributed by atoms with van der Waals surface area (Å²) < 4.78 is 18.7.